The van der Waals surface area contributed by atoms with E-state index in [9.17, 15) is 9.59 Å². The summed E-state index contributed by atoms with van der Waals surface area (Å²) >= 11 is 9.64. The summed E-state index contributed by atoms with van der Waals surface area (Å²) in [6, 6.07) is 10.7. The molecule has 0 aromatic heterocycles. The van der Waals surface area contributed by atoms with Gasteiger partial charge in [0.1, 0.15) is 0 Å². The molecular formula is C21H22BrClN2O5. The SMILES string of the molecule is CCOC(=O)COc1c(Cl)cc(/C=N/NC(=O)Cc2ccc(Br)cc2)cc1OCC. The number of amides is 1. The van der Waals surface area contributed by atoms with Crippen LogP contribution in [0.5, 0.6) is 11.5 Å². The minimum Gasteiger partial charge on any atom is -0.490 e. The molecule has 9 heteroatoms. The monoisotopic (exact) mass is 496 g/mol. The summed E-state index contributed by atoms with van der Waals surface area (Å²) in [5.74, 6) is -0.158. The normalized spacial score (nSPS) is 10.7. The summed E-state index contributed by atoms with van der Waals surface area (Å²) in [5.41, 5.74) is 3.94. The van der Waals surface area contributed by atoms with E-state index in [1.165, 1.54) is 6.21 Å². The van der Waals surface area contributed by atoms with Crippen LogP contribution in [0.4, 0.5) is 0 Å². The predicted octanol–water partition coefficient (Wildman–Crippen LogP) is 4.14. The van der Waals surface area contributed by atoms with Crippen molar-refractivity contribution >= 4 is 45.6 Å². The van der Waals surface area contributed by atoms with Crippen molar-refractivity contribution in [3.8, 4) is 11.5 Å². The molecule has 0 aliphatic heterocycles. The molecule has 0 aliphatic carbocycles. The molecule has 2 aromatic carbocycles. The summed E-state index contributed by atoms with van der Waals surface area (Å²) < 4.78 is 16.8. The molecule has 0 aliphatic rings. The average molecular weight is 498 g/mol. The van der Waals surface area contributed by atoms with Crippen LogP contribution in [0.3, 0.4) is 0 Å². The van der Waals surface area contributed by atoms with E-state index in [1.54, 1.807) is 19.1 Å². The number of hydrogen-bond donors (Lipinski definition) is 1. The molecule has 0 saturated heterocycles. The van der Waals surface area contributed by atoms with Gasteiger partial charge in [0.2, 0.25) is 5.91 Å². The third-order valence-electron chi connectivity index (χ3n) is 3.65. The zero-order valence-electron chi connectivity index (χ0n) is 16.6. The minimum absolute atomic E-state index is 0.205. The van der Waals surface area contributed by atoms with E-state index in [-0.39, 0.29) is 36.3 Å². The second-order valence-electron chi connectivity index (χ2n) is 5.95. The van der Waals surface area contributed by atoms with Gasteiger partial charge < -0.3 is 14.2 Å². The zero-order chi connectivity index (χ0) is 21.9. The number of benzene rings is 2. The summed E-state index contributed by atoms with van der Waals surface area (Å²) in [4.78, 5) is 23.6. The molecule has 0 atom stereocenters. The van der Waals surface area contributed by atoms with Crippen LogP contribution in [0.1, 0.15) is 25.0 Å². The smallest absolute Gasteiger partial charge is 0.344 e. The Hall–Kier alpha value is -2.58. The quantitative estimate of drug-likeness (QED) is 0.303. The topological polar surface area (TPSA) is 86.2 Å². The third-order valence-corrected chi connectivity index (χ3v) is 4.46. The number of hydrazone groups is 1. The summed E-state index contributed by atoms with van der Waals surface area (Å²) in [6.45, 7) is 3.87. The lowest BCUT2D eigenvalue weighted by molar-refractivity contribution is -0.145. The Bertz CT molecular complexity index is 903. The van der Waals surface area contributed by atoms with Gasteiger partial charge in [-0.1, -0.05) is 39.7 Å². The van der Waals surface area contributed by atoms with Crippen LogP contribution < -0.4 is 14.9 Å². The van der Waals surface area contributed by atoms with Gasteiger partial charge in [-0.05, 0) is 49.2 Å². The zero-order valence-corrected chi connectivity index (χ0v) is 19.0. The maximum Gasteiger partial charge on any atom is 0.344 e. The molecule has 2 aromatic rings. The Morgan fingerprint density at radius 3 is 2.53 bits per heavy atom. The van der Waals surface area contributed by atoms with Crippen molar-refractivity contribution in [2.24, 2.45) is 5.10 Å². The van der Waals surface area contributed by atoms with Crippen molar-refractivity contribution in [2.75, 3.05) is 19.8 Å². The molecule has 0 radical (unpaired) electrons. The summed E-state index contributed by atoms with van der Waals surface area (Å²) in [6.07, 6.45) is 1.65. The maximum absolute atomic E-state index is 12.0. The molecule has 0 heterocycles. The first kappa shape index (κ1) is 23.7. The van der Waals surface area contributed by atoms with E-state index in [0.717, 1.165) is 10.0 Å². The highest BCUT2D eigenvalue weighted by atomic mass is 79.9. The lowest BCUT2D eigenvalue weighted by atomic mass is 10.1. The van der Waals surface area contributed by atoms with Crippen LogP contribution in [0, 0.1) is 0 Å². The fraction of sp³-hybridized carbons (Fsp3) is 0.286. The van der Waals surface area contributed by atoms with Crippen LogP contribution >= 0.6 is 27.5 Å². The second-order valence-corrected chi connectivity index (χ2v) is 7.28. The number of rotatable bonds is 10. The van der Waals surface area contributed by atoms with E-state index in [4.69, 9.17) is 25.8 Å². The molecule has 0 fully saturated rings. The molecule has 0 spiro atoms. The van der Waals surface area contributed by atoms with Gasteiger partial charge in [0.25, 0.3) is 0 Å². The Morgan fingerprint density at radius 2 is 1.87 bits per heavy atom. The lowest BCUT2D eigenvalue weighted by Gasteiger charge is -2.14. The van der Waals surface area contributed by atoms with Crippen molar-refractivity contribution < 1.29 is 23.8 Å². The van der Waals surface area contributed by atoms with Crippen LogP contribution in [0.15, 0.2) is 46.0 Å². The molecule has 0 saturated carbocycles. The summed E-state index contributed by atoms with van der Waals surface area (Å²) in [5, 5.41) is 4.21. The summed E-state index contributed by atoms with van der Waals surface area (Å²) in [7, 11) is 0. The van der Waals surface area contributed by atoms with Crippen molar-refractivity contribution in [3.05, 3.63) is 57.0 Å². The van der Waals surface area contributed by atoms with Crippen molar-refractivity contribution in [3.63, 3.8) is 0 Å². The van der Waals surface area contributed by atoms with Crippen molar-refractivity contribution in [1.29, 1.82) is 0 Å². The first-order chi connectivity index (χ1) is 14.4. The molecule has 0 bridgehead atoms. The first-order valence-electron chi connectivity index (χ1n) is 9.24. The van der Waals surface area contributed by atoms with E-state index < -0.39 is 5.97 Å². The molecule has 1 N–H and O–H groups in total. The van der Waals surface area contributed by atoms with Crippen LogP contribution in [-0.4, -0.2) is 37.9 Å². The second kappa shape index (κ2) is 12.2. The van der Waals surface area contributed by atoms with Gasteiger partial charge in [-0.3, -0.25) is 4.79 Å². The van der Waals surface area contributed by atoms with Gasteiger partial charge in [-0.2, -0.15) is 5.10 Å². The number of esters is 1. The molecular weight excluding hydrogens is 476 g/mol. The molecule has 0 unspecified atom stereocenters. The van der Waals surface area contributed by atoms with Crippen LogP contribution in [0.2, 0.25) is 5.02 Å². The standard InChI is InChI=1S/C21H22BrClN2O5/c1-3-28-18-10-15(9-17(23)21(18)30-13-20(27)29-4-2)12-24-25-19(26)11-14-5-7-16(22)8-6-14/h5-10,12H,3-4,11,13H2,1-2H3,(H,25,26)/b24-12+. The minimum atomic E-state index is -0.504. The number of nitrogens with one attached hydrogen (secondary N) is 1. The van der Waals surface area contributed by atoms with Crippen LogP contribution in [-0.2, 0) is 20.7 Å². The number of halogens is 2. The number of carbonyl (C=O) groups excluding carboxylic acids is 2. The highest BCUT2D eigenvalue weighted by Gasteiger charge is 2.14. The van der Waals surface area contributed by atoms with Gasteiger partial charge in [0.15, 0.2) is 18.1 Å². The van der Waals surface area contributed by atoms with Gasteiger partial charge in [-0.25, -0.2) is 10.2 Å². The Kier molecular flexibility index (Phi) is 9.63. The Balaban J connectivity index is 2.03. The largest absolute Gasteiger partial charge is 0.490 e. The fourth-order valence-electron chi connectivity index (χ4n) is 2.41. The Labute approximate surface area is 188 Å². The van der Waals surface area contributed by atoms with Gasteiger partial charge in [0.05, 0.1) is 30.9 Å². The molecule has 1 amide bonds. The van der Waals surface area contributed by atoms with Crippen molar-refractivity contribution in [1.82, 2.24) is 5.43 Å². The van der Waals surface area contributed by atoms with Crippen molar-refractivity contribution in [2.45, 2.75) is 20.3 Å². The third kappa shape index (κ3) is 7.68. The van der Waals surface area contributed by atoms with Crippen LogP contribution in [0.25, 0.3) is 0 Å². The first-order valence-corrected chi connectivity index (χ1v) is 10.4. The van der Waals surface area contributed by atoms with E-state index >= 15 is 0 Å². The highest BCUT2D eigenvalue weighted by Crippen LogP contribution is 2.36. The van der Waals surface area contributed by atoms with Gasteiger partial charge in [-0.15, -0.1) is 0 Å². The van der Waals surface area contributed by atoms with Gasteiger partial charge in [0, 0.05) is 4.47 Å². The molecule has 7 nitrogen and oxygen atoms in total. The van der Waals surface area contributed by atoms with E-state index in [1.807, 2.05) is 31.2 Å². The molecule has 30 heavy (non-hydrogen) atoms. The number of ether oxygens (including phenoxy) is 3. The highest BCUT2D eigenvalue weighted by molar-refractivity contribution is 9.10. The number of nitrogens with zero attached hydrogens (tertiary/aromatic N) is 1. The molecule has 2 rings (SSSR count). The van der Waals surface area contributed by atoms with Gasteiger partial charge >= 0.3 is 5.97 Å². The number of hydrogen-bond acceptors (Lipinski definition) is 6. The number of carbonyl (C=O) groups is 2. The maximum atomic E-state index is 12.0. The van der Waals surface area contributed by atoms with E-state index in [2.05, 4.69) is 26.5 Å². The predicted molar refractivity (Wildman–Crippen MR) is 118 cm³/mol. The fourth-order valence-corrected chi connectivity index (χ4v) is 2.94. The Morgan fingerprint density at radius 1 is 1.13 bits per heavy atom. The van der Waals surface area contributed by atoms with E-state index in [0.29, 0.717) is 17.9 Å². The molecule has 160 valence electrons. The average Bonchev–Trinajstić information content (AvgIpc) is 2.69. The lowest BCUT2D eigenvalue weighted by Crippen LogP contribution is -2.19.